The molecular weight excluding hydrogens is 324 g/mol. The summed E-state index contributed by atoms with van der Waals surface area (Å²) in [4.78, 5) is 27.0. The van der Waals surface area contributed by atoms with Gasteiger partial charge in [-0.2, -0.15) is 0 Å². The third-order valence-electron chi connectivity index (χ3n) is 2.95. The molecule has 0 aliphatic rings. The van der Waals surface area contributed by atoms with Gasteiger partial charge in [-0.25, -0.2) is 9.78 Å². The van der Waals surface area contributed by atoms with E-state index in [4.69, 9.17) is 25.9 Å². The molecule has 1 aromatic heterocycles. The molecule has 23 heavy (non-hydrogen) atoms. The second-order valence-corrected chi connectivity index (χ2v) is 5.18. The molecule has 2 aromatic rings. The summed E-state index contributed by atoms with van der Waals surface area (Å²) >= 11 is 5.81. The zero-order chi connectivity index (χ0) is 16.8. The van der Waals surface area contributed by atoms with E-state index in [1.54, 1.807) is 24.3 Å². The highest BCUT2D eigenvalue weighted by Gasteiger charge is 2.20. The van der Waals surface area contributed by atoms with E-state index in [0.29, 0.717) is 16.6 Å². The molecule has 1 heterocycles. The number of hydrogen-bond acceptors (Lipinski definition) is 5. The third-order valence-corrected chi connectivity index (χ3v) is 3.20. The lowest BCUT2D eigenvalue weighted by Gasteiger charge is -2.12. The number of methoxy groups -OCH3 is 1. The molecule has 0 saturated carbocycles. The van der Waals surface area contributed by atoms with Crippen molar-refractivity contribution in [2.24, 2.45) is 0 Å². The van der Waals surface area contributed by atoms with Gasteiger partial charge in [-0.15, -0.1) is 0 Å². The highest BCUT2D eigenvalue weighted by atomic mass is 35.5. The molecule has 7 nitrogen and oxygen atoms in total. The van der Waals surface area contributed by atoms with Crippen molar-refractivity contribution in [2.75, 3.05) is 13.7 Å². The minimum absolute atomic E-state index is 0.0927. The molecular formula is C15H15ClN2O5. The van der Waals surface area contributed by atoms with Crippen LogP contribution in [0.25, 0.3) is 11.5 Å². The first kappa shape index (κ1) is 17.0. The van der Waals surface area contributed by atoms with Crippen molar-refractivity contribution < 1.29 is 23.8 Å². The first-order chi connectivity index (χ1) is 11.0. The number of hydrogen-bond donors (Lipinski definition) is 2. The van der Waals surface area contributed by atoms with E-state index in [9.17, 15) is 9.59 Å². The Bertz CT molecular complexity index is 683. The van der Waals surface area contributed by atoms with E-state index in [2.05, 4.69) is 10.3 Å². The number of oxazole rings is 1. The largest absolute Gasteiger partial charge is 0.480 e. The number of rotatable bonds is 7. The van der Waals surface area contributed by atoms with Crippen molar-refractivity contribution >= 4 is 23.5 Å². The summed E-state index contributed by atoms with van der Waals surface area (Å²) in [6, 6.07) is 5.80. The molecule has 1 aromatic carbocycles. The third kappa shape index (κ3) is 4.80. The minimum Gasteiger partial charge on any atom is -0.480 e. The van der Waals surface area contributed by atoms with E-state index in [-0.39, 0.29) is 13.0 Å². The summed E-state index contributed by atoms with van der Waals surface area (Å²) in [5.41, 5.74) is 1.12. The lowest BCUT2D eigenvalue weighted by atomic mass is 10.2. The molecule has 2 N–H and O–H groups in total. The summed E-state index contributed by atoms with van der Waals surface area (Å²) in [5.74, 6) is -1.29. The van der Waals surface area contributed by atoms with Gasteiger partial charge < -0.3 is 19.6 Å². The topological polar surface area (TPSA) is 102 Å². The summed E-state index contributed by atoms with van der Waals surface area (Å²) in [6.45, 7) is -0.115. The SMILES string of the molecule is COCC(NC(=O)Cc1coc(-c2ccc(Cl)cc2)n1)C(=O)O. The van der Waals surface area contributed by atoms with Gasteiger partial charge >= 0.3 is 5.97 Å². The van der Waals surface area contributed by atoms with Crippen LogP contribution in [0.4, 0.5) is 0 Å². The summed E-state index contributed by atoms with van der Waals surface area (Å²) < 4.78 is 10.1. The lowest BCUT2D eigenvalue weighted by molar-refractivity contribution is -0.143. The van der Waals surface area contributed by atoms with Crippen molar-refractivity contribution in [2.45, 2.75) is 12.5 Å². The van der Waals surface area contributed by atoms with Crippen LogP contribution in [0.2, 0.25) is 5.02 Å². The number of amides is 1. The second kappa shape index (κ2) is 7.75. The fourth-order valence-corrected chi connectivity index (χ4v) is 1.99. The number of nitrogens with one attached hydrogen (secondary N) is 1. The van der Waals surface area contributed by atoms with Gasteiger partial charge in [0, 0.05) is 17.7 Å². The fraction of sp³-hybridized carbons (Fsp3) is 0.267. The maximum absolute atomic E-state index is 11.9. The Kier molecular flexibility index (Phi) is 5.72. The highest BCUT2D eigenvalue weighted by Crippen LogP contribution is 2.20. The molecule has 1 atom stereocenters. The Morgan fingerprint density at radius 3 is 2.70 bits per heavy atom. The normalized spacial score (nSPS) is 11.9. The zero-order valence-electron chi connectivity index (χ0n) is 12.3. The molecule has 0 fully saturated rings. The van der Waals surface area contributed by atoms with Crippen molar-refractivity contribution in [1.29, 1.82) is 0 Å². The van der Waals surface area contributed by atoms with Crippen molar-refractivity contribution in [1.82, 2.24) is 10.3 Å². The molecule has 0 radical (unpaired) electrons. The number of aliphatic carboxylic acids is 1. The van der Waals surface area contributed by atoms with Crippen LogP contribution in [0, 0.1) is 0 Å². The molecule has 2 rings (SSSR count). The van der Waals surface area contributed by atoms with Gasteiger partial charge in [-0.1, -0.05) is 11.6 Å². The van der Waals surface area contributed by atoms with Crippen molar-refractivity contribution in [3.05, 3.63) is 41.2 Å². The fourth-order valence-electron chi connectivity index (χ4n) is 1.86. The number of aromatic nitrogens is 1. The van der Waals surface area contributed by atoms with E-state index in [1.807, 2.05) is 0 Å². The summed E-state index contributed by atoms with van der Waals surface area (Å²) in [6.07, 6.45) is 1.26. The second-order valence-electron chi connectivity index (χ2n) is 4.74. The Morgan fingerprint density at radius 2 is 2.09 bits per heavy atom. The predicted molar refractivity (Wildman–Crippen MR) is 82.1 cm³/mol. The molecule has 8 heteroatoms. The van der Waals surface area contributed by atoms with Crippen LogP contribution in [0.15, 0.2) is 34.9 Å². The number of carbonyl (C=O) groups is 2. The van der Waals surface area contributed by atoms with E-state index in [1.165, 1.54) is 13.4 Å². The molecule has 0 aliphatic heterocycles. The Balaban J connectivity index is 1.99. The van der Waals surface area contributed by atoms with Crippen LogP contribution in [0.1, 0.15) is 5.69 Å². The van der Waals surface area contributed by atoms with Crippen LogP contribution < -0.4 is 5.32 Å². The number of carbonyl (C=O) groups excluding carboxylic acids is 1. The smallest absolute Gasteiger partial charge is 0.328 e. The van der Waals surface area contributed by atoms with Crippen molar-refractivity contribution in [3.8, 4) is 11.5 Å². The van der Waals surface area contributed by atoms with Gasteiger partial charge in [0.05, 0.1) is 18.7 Å². The molecule has 0 aliphatic carbocycles. The summed E-state index contributed by atoms with van der Waals surface area (Å²) in [5, 5.41) is 11.9. The number of nitrogens with zero attached hydrogens (tertiary/aromatic N) is 1. The first-order valence-electron chi connectivity index (χ1n) is 6.71. The van der Waals surface area contributed by atoms with Crippen LogP contribution in [0.5, 0.6) is 0 Å². The van der Waals surface area contributed by atoms with Crippen LogP contribution in [-0.4, -0.2) is 41.7 Å². The zero-order valence-corrected chi connectivity index (χ0v) is 13.0. The molecule has 0 spiro atoms. The van der Waals surface area contributed by atoms with Crippen LogP contribution in [0.3, 0.4) is 0 Å². The van der Waals surface area contributed by atoms with Gasteiger partial charge in [-0.3, -0.25) is 4.79 Å². The number of carboxylic acid groups (broad SMARTS) is 1. The van der Waals surface area contributed by atoms with Gasteiger partial charge in [0.15, 0.2) is 6.04 Å². The maximum atomic E-state index is 11.9. The van der Waals surface area contributed by atoms with Gasteiger partial charge in [0.1, 0.15) is 6.26 Å². The minimum atomic E-state index is -1.16. The molecule has 1 amide bonds. The standard InChI is InChI=1S/C15H15ClN2O5/c1-22-8-12(15(20)21)18-13(19)6-11-7-23-14(17-11)9-2-4-10(16)5-3-9/h2-5,7,12H,6,8H2,1H3,(H,18,19)(H,20,21). The molecule has 1 unspecified atom stereocenters. The highest BCUT2D eigenvalue weighted by molar-refractivity contribution is 6.30. The van der Waals surface area contributed by atoms with E-state index >= 15 is 0 Å². The average Bonchev–Trinajstić information content (AvgIpc) is 2.95. The maximum Gasteiger partial charge on any atom is 0.328 e. The number of halogens is 1. The van der Waals surface area contributed by atoms with Crippen molar-refractivity contribution in [3.63, 3.8) is 0 Å². The monoisotopic (exact) mass is 338 g/mol. The number of benzene rings is 1. The average molecular weight is 339 g/mol. The van der Waals surface area contributed by atoms with Gasteiger partial charge in [0.25, 0.3) is 0 Å². The first-order valence-corrected chi connectivity index (χ1v) is 7.09. The number of carboxylic acids is 1. The molecule has 0 bridgehead atoms. The number of ether oxygens (including phenoxy) is 1. The Labute approximate surface area is 137 Å². The van der Waals surface area contributed by atoms with E-state index in [0.717, 1.165) is 5.56 Å². The lowest BCUT2D eigenvalue weighted by Crippen LogP contribution is -2.44. The Hall–Kier alpha value is -2.38. The quantitative estimate of drug-likeness (QED) is 0.797. The van der Waals surface area contributed by atoms with Gasteiger partial charge in [0.2, 0.25) is 11.8 Å². The Morgan fingerprint density at radius 1 is 1.39 bits per heavy atom. The van der Waals surface area contributed by atoms with E-state index < -0.39 is 17.9 Å². The van der Waals surface area contributed by atoms with Crippen LogP contribution >= 0.6 is 11.6 Å². The van der Waals surface area contributed by atoms with Gasteiger partial charge in [-0.05, 0) is 24.3 Å². The predicted octanol–water partition coefficient (Wildman–Crippen LogP) is 1.75. The van der Waals surface area contributed by atoms with Crippen LogP contribution in [-0.2, 0) is 20.7 Å². The summed E-state index contributed by atoms with van der Waals surface area (Å²) in [7, 11) is 1.36. The molecule has 122 valence electrons. The molecule has 0 saturated heterocycles.